The lowest BCUT2D eigenvalue weighted by atomic mass is 9.85. The van der Waals surface area contributed by atoms with Crippen molar-refractivity contribution in [1.29, 1.82) is 0 Å². The Labute approximate surface area is 754 Å². The van der Waals surface area contributed by atoms with Gasteiger partial charge in [-0.05, 0) is 58.7 Å². The molecule has 1 unspecified atom stereocenters. The smallest absolute Gasteiger partial charge is 0.462 e. The van der Waals surface area contributed by atoms with Crippen molar-refractivity contribution >= 4 is 55.0 Å². The summed E-state index contributed by atoms with van der Waals surface area (Å²) in [4.78, 5) is 56.0. The van der Waals surface area contributed by atoms with E-state index in [0.717, 1.165) is 64.2 Å². The Kier molecular flexibility index (Phi) is 51.1. The summed E-state index contributed by atoms with van der Waals surface area (Å²) in [6.07, 6.45) is 15.8. The fraction of sp³-hybridized carbons (Fsp3) is 0.535. The standard InChI is InChI=1S/C99H138O24P4/c1-4-6-8-10-12-14-16-18-20-22-24-26-28-30-53-69-91(101)109-80-90(118-92(102)70-54-31-29-27-25-23-21-19-17-15-13-11-9-7-5-2)81-117-127(108,116-79-89-67-51-38-52-68-89)120-95-94(104)96(121-124(105,110-73-83-55-39-32-40-56-83)111-74-84-57-41-33-42-58-84)98(122-125(106,112-75-85-59-43-34-44-60-85)113-76-86-61-45-35-46-62-86)99(97(95)119-93(103)72-71-82(3)100)123-126(107,114-77-87-63-47-36-48-64-87)115-78-88-65-49-37-50-66-88/h32-52,55-68,90,94-99,104H,4-31,53-54,69-81H2,1-3H3/t90-,94-,95+,96-,97-,98+,99+,127?/m0/s1. The molecule has 1 aliphatic carbocycles. The predicted octanol–water partition coefficient (Wildman–Crippen LogP) is 26.1. The van der Waals surface area contributed by atoms with E-state index >= 15 is 23.1 Å². The van der Waals surface area contributed by atoms with Crippen molar-refractivity contribution in [3.8, 4) is 0 Å². The molecule has 0 heterocycles. The zero-order valence-corrected chi connectivity index (χ0v) is 78.4. The van der Waals surface area contributed by atoms with Crippen LogP contribution in [0.3, 0.4) is 0 Å². The average Bonchev–Trinajstić information content (AvgIpc) is 0.743. The molecule has 1 saturated carbocycles. The molecule has 28 heteroatoms. The Hall–Kier alpha value is -6.98. The second-order valence-electron chi connectivity index (χ2n) is 32.5. The maximum atomic E-state index is 16.7. The molecule has 1 N–H and O–H groups in total. The van der Waals surface area contributed by atoms with E-state index in [9.17, 15) is 19.5 Å². The second kappa shape index (κ2) is 61.6. The molecular formula is C99H138O24P4. The van der Waals surface area contributed by atoms with Crippen LogP contribution in [0.5, 0.6) is 0 Å². The average molecular weight is 1840 g/mol. The minimum absolute atomic E-state index is 0.0407. The van der Waals surface area contributed by atoms with Crippen molar-refractivity contribution in [2.75, 3.05) is 13.2 Å². The topological polar surface area (TPSA) is 295 Å². The zero-order chi connectivity index (χ0) is 90.2. The first-order chi connectivity index (χ1) is 61.8. The van der Waals surface area contributed by atoms with E-state index in [1.807, 2.05) is 0 Å². The number of rotatable bonds is 71. The van der Waals surface area contributed by atoms with E-state index < -0.39 is 170 Å². The van der Waals surface area contributed by atoms with Crippen LogP contribution < -0.4 is 0 Å². The molecule has 0 saturated heterocycles. The molecule has 1 aliphatic rings. The third-order valence-corrected chi connectivity index (χ3v) is 27.3. The number of carbonyl (C=O) groups is 4. The Morgan fingerprint density at radius 2 is 0.512 bits per heavy atom. The number of hydrogen-bond donors (Lipinski definition) is 1. The summed E-state index contributed by atoms with van der Waals surface area (Å²) in [5.74, 6) is -2.97. The van der Waals surface area contributed by atoms with E-state index in [-0.39, 0.29) is 12.8 Å². The number of aliphatic hydroxyl groups is 1. The van der Waals surface area contributed by atoms with Crippen molar-refractivity contribution in [3.63, 3.8) is 0 Å². The van der Waals surface area contributed by atoms with Gasteiger partial charge >= 0.3 is 49.2 Å². The second-order valence-corrected chi connectivity index (χ2v) is 39.0. The summed E-state index contributed by atoms with van der Waals surface area (Å²) in [5.41, 5.74) is 3.06. The van der Waals surface area contributed by atoms with Gasteiger partial charge < -0.3 is 24.1 Å². The maximum Gasteiger partial charge on any atom is 0.475 e. The van der Waals surface area contributed by atoms with E-state index in [0.29, 0.717) is 51.8 Å². The molecule has 7 aromatic rings. The fourth-order valence-corrected chi connectivity index (χ4v) is 19.8. The van der Waals surface area contributed by atoms with Crippen molar-refractivity contribution in [1.82, 2.24) is 0 Å². The molecule has 7 aromatic carbocycles. The van der Waals surface area contributed by atoms with Crippen LogP contribution in [0, 0.1) is 0 Å². The summed E-state index contributed by atoms with van der Waals surface area (Å²) < 4.78 is 162. The predicted molar refractivity (Wildman–Crippen MR) is 490 cm³/mol. The fourth-order valence-electron chi connectivity index (χ4n) is 14.4. The highest BCUT2D eigenvalue weighted by molar-refractivity contribution is 7.49. The van der Waals surface area contributed by atoms with Gasteiger partial charge in [0, 0.05) is 19.3 Å². The van der Waals surface area contributed by atoms with Crippen LogP contribution in [0.4, 0.5) is 0 Å². The van der Waals surface area contributed by atoms with Crippen LogP contribution in [0.2, 0.25) is 0 Å². The van der Waals surface area contributed by atoms with Gasteiger partial charge in [-0.15, -0.1) is 0 Å². The number of phosphoric acid groups is 4. The summed E-state index contributed by atoms with van der Waals surface area (Å²) in [6.45, 7) is 0.600. The number of carbonyl (C=O) groups excluding carboxylic acids is 4. The normalized spacial score (nSPS) is 16.8. The quantitative estimate of drug-likeness (QED) is 0.0160. The number of Topliss-reactive ketones (excluding diaryl/α,β-unsaturated/α-hetero) is 1. The highest BCUT2D eigenvalue weighted by atomic mass is 31.2. The molecule has 0 spiro atoms. The molecule has 127 heavy (non-hydrogen) atoms. The Morgan fingerprint density at radius 1 is 0.276 bits per heavy atom. The van der Waals surface area contributed by atoms with Gasteiger partial charge in [-0.25, -0.2) is 18.3 Å². The molecular weight excluding hydrogens is 1700 g/mol. The number of ether oxygens (including phenoxy) is 3. The third kappa shape index (κ3) is 43.7. The van der Waals surface area contributed by atoms with Gasteiger partial charge in [0.25, 0.3) is 0 Å². The monoisotopic (exact) mass is 1830 g/mol. The molecule has 0 aliphatic heterocycles. The lowest BCUT2D eigenvalue weighted by Crippen LogP contribution is -2.66. The van der Waals surface area contributed by atoms with Gasteiger partial charge in [0.15, 0.2) is 12.2 Å². The lowest BCUT2D eigenvalue weighted by molar-refractivity contribution is -0.225. The van der Waals surface area contributed by atoms with Gasteiger partial charge in [-0.1, -0.05) is 406 Å². The number of esters is 3. The maximum absolute atomic E-state index is 16.7. The minimum Gasteiger partial charge on any atom is -0.462 e. The highest BCUT2D eigenvalue weighted by Crippen LogP contribution is 2.63. The van der Waals surface area contributed by atoms with Gasteiger partial charge in [-0.2, -0.15) is 0 Å². The van der Waals surface area contributed by atoms with Crippen molar-refractivity contribution < 1.29 is 111 Å². The molecule has 698 valence electrons. The molecule has 8 atom stereocenters. The van der Waals surface area contributed by atoms with E-state index in [1.54, 1.807) is 212 Å². The highest BCUT2D eigenvalue weighted by Gasteiger charge is 2.62. The van der Waals surface area contributed by atoms with Crippen LogP contribution in [0.15, 0.2) is 212 Å². The molecule has 0 aromatic heterocycles. The van der Waals surface area contributed by atoms with Crippen molar-refractivity contribution in [2.24, 2.45) is 0 Å². The van der Waals surface area contributed by atoms with Crippen molar-refractivity contribution in [2.45, 2.75) is 328 Å². The molecule has 8 rings (SSSR count). The summed E-state index contributed by atoms with van der Waals surface area (Å²) in [7, 11) is -21.9. The van der Waals surface area contributed by atoms with Gasteiger partial charge in [0.05, 0.1) is 59.3 Å². The number of hydrogen-bond acceptors (Lipinski definition) is 24. The largest absolute Gasteiger partial charge is 0.475 e. The number of unbranched alkanes of at least 4 members (excludes halogenated alkanes) is 28. The number of benzene rings is 7. The van der Waals surface area contributed by atoms with Crippen LogP contribution in [-0.4, -0.2) is 84.7 Å². The van der Waals surface area contributed by atoms with Crippen LogP contribution in [-0.2, 0) is 152 Å². The minimum atomic E-state index is -5.62. The summed E-state index contributed by atoms with van der Waals surface area (Å²) in [6, 6.07) is 59.3. The van der Waals surface area contributed by atoms with Crippen LogP contribution in [0.1, 0.15) is 278 Å². The van der Waals surface area contributed by atoms with E-state index in [1.165, 1.54) is 122 Å². The number of phosphoric ester groups is 4. The molecule has 0 amide bonds. The lowest BCUT2D eigenvalue weighted by Gasteiger charge is -2.48. The Balaban J connectivity index is 1.20. The molecule has 1 fully saturated rings. The van der Waals surface area contributed by atoms with Crippen LogP contribution in [0.25, 0.3) is 0 Å². The van der Waals surface area contributed by atoms with E-state index in [4.69, 9.17) is 68.5 Å². The first kappa shape index (κ1) is 105. The SMILES string of the molecule is CCCCCCCCCCCCCCCCCC(=O)OC[C@@H](COP(=O)(OCc1ccccc1)O[C@@H]1[C@H](O)[C@H](OP(=O)(OCc2ccccc2)OCc2ccccc2)[C@@H](OP(=O)(OCc2ccccc2)OCc2ccccc2)[C@H](OP(=O)(OCc2ccccc2)OCc2ccccc2)[C@H]1OC(=O)CCC(C)=O)OC(=O)CCCCCCCCCCCCCCCCC. The Bertz CT molecular complexity index is 4170. The third-order valence-electron chi connectivity index (χ3n) is 21.7. The number of ketones is 1. The number of aliphatic hydroxyl groups excluding tert-OH is 1. The summed E-state index contributed by atoms with van der Waals surface area (Å²) in [5, 5.41) is 14.0. The first-order valence-electron chi connectivity index (χ1n) is 46.1. The van der Waals surface area contributed by atoms with Crippen LogP contribution >= 0.6 is 31.3 Å². The zero-order valence-electron chi connectivity index (χ0n) is 74.8. The van der Waals surface area contributed by atoms with E-state index in [2.05, 4.69) is 13.8 Å². The van der Waals surface area contributed by atoms with Crippen molar-refractivity contribution in [3.05, 3.63) is 251 Å². The summed E-state index contributed by atoms with van der Waals surface area (Å²) >= 11 is 0. The molecule has 0 radical (unpaired) electrons. The van der Waals surface area contributed by atoms with Gasteiger partial charge in [0.2, 0.25) is 0 Å². The van der Waals surface area contributed by atoms with Gasteiger partial charge in [0.1, 0.15) is 42.9 Å². The molecule has 24 nitrogen and oxygen atoms in total. The van der Waals surface area contributed by atoms with Gasteiger partial charge in [-0.3, -0.25) is 68.7 Å². The molecule has 0 bridgehead atoms. The Morgan fingerprint density at radius 3 is 0.787 bits per heavy atom. The first-order valence-corrected chi connectivity index (χ1v) is 52.0.